The number of carbonyl (C=O) groups excluding carboxylic acids is 2. The van der Waals surface area contributed by atoms with E-state index in [1.165, 1.54) is 23.1 Å². The maximum atomic E-state index is 13.8. The van der Waals surface area contributed by atoms with E-state index in [1.807, 2.05) is 18.2 Å². The topological polar surface area (TPSA) is 100 Å². The van der Waals surface area contributed by atoms with Crippen molar-refractivity contribution < 1.29 is 18.7 Å². The van der Waals surface area contributed by atoms with Crippen molar-refractivity contribution in [3.8, 4) is 6.07 Å². The number of aromatic nitrogens is 2. The molecule has 1 N–H and O–H groups in total. The molecule has 1 aromatic heterocycles. The van der Waals surface area contributed by atoms with Gasteiger partial charge in [-0.25, -0.2) is 9.37 Å². The van der Waals surface area contributed by atoms with Crippen LogP contribution in [0.5, 0.6) is 0 Å². The zero-order valence-corrected chi connectivity index (χ0v) is 23.0. The summed E-state index contributed by atoms with van der Waals surface area (Å²) in [6.07, 6.45) is 0.857. The molecule has 40 heavy (non-hydrogen) atoms. The van der Waals surface area contributed by atoms with Gasteiger partial charge in [-0.2, -0.15) is 5.26 Å². The summed E-state index contributed by atoms with van der Waals surface area (Å²) in [6.45, 7) is 5.24. The second-order valence-electron chi connectivity index (χ2n) is 9.04. The number of nitrogens with one attached hydrogen (secondary N) is 1. The summed E-state index contributed by atoms with van der Waals surface area (Å²) in [4.78, 5) is 32.0. The van der Waals surface area contributed by atoms with E-state index >= 15 is 0 Å². The number of benzene rings is 3. The maximum Gasteiger partial charge on any atom is 0.307 e. The molecule has 0 unspecified atom stereocenters. The average molecular weight is 562 g/mol. The molecule has 0 fully saturated rings. The molecule has 4 aromatic rings. The Balaban J connectivity index is 1.63. The first-order valence-electron chi connectivity index (χ1n) is 13.0. The Morgan fingerprint density at radius 2 is 1.90 bits per heavy atom. The molecular weight excluding hydrogens is 533 g/mol. The highest BCUT2D eigenvalue weighted by atomic mass is 35.5. The molecule has 206 valence electrons. The van der Waals surface area contributed by atoms with Crippen LogP contribution in [0.3, 0.4) is 0 Å². The molecule has 3 aromatic carbocycles. The van der Waals surface area contributed by atoms with Crippen LogP contribution in [0.1, 0.15) is 48.4 Å². The first kappa shape index (κ1) is 28.6. The predicted octanol–water partition coefficient (Wildman–Crippen LogP) is 6.32. The van der Waals surface area contributed by atoms with Crippen molar-refractivity contribution in [1.29, 1.82) is 5.26 Å². The van der Waals surface area contributed by atoms with Gasteiger partial charge in [0.25, 0.3) is 5.91 Å². The minimum absolute atomic E-state index is 0.0295. The lowest BCUT2D eigenvalue weighted by atomic mass is 10.1. The largest absolute Gasteiger partial charge is 0.466 e. The van der Waals surface area contributed by atoms with E-state index in [0.717, 1.165) is 30.0 Å². The van der Waals surface area contributed by atoms with Gasteiger partial charge in [-0.05, 0) is 74.0 Å². The molecule has 0 saturated heterocycles. The van der Waals surface area contributed by atoms with Crippen LogP contribution in [0.15, 0.2) is 60.7 Å². The number of nitriles is 1. The van der Waals surface area contributed by atoms with Crippen molar-refractivity contribution in [3.63, 3.8) is 0 Å². The van der Waals surface area contributed by atoms with Crippen LogP contribution in [0.2, 0.25) is 5.02 Å². The molecule has 4 rings (SSSR count). The molecule has 0 spiro atoms. The summed E-state index contributed by atoms with van der Waals surface area (Å²) in [7, 11) is 0. The molecule has 0 aliphatic carbocycles. The number of hydrogen-bond donors (Lipinski definition) is 1. The van der Waals surface area contributed by atoms with E-state index in [0.29, 0.717) is 28.9 Å². The molecule has 0 aliphatic heterocycles. The highest BCUT2D eigenvalue weighted by Crippen LogP contribution is 2.26. The van der Waals surface area contributed by atoms with E-state index < -0.39 is 11.8 Å². The van der Waals surface area contributed by atoms with Gasteiger partial charge in [0.15, 0.2) is 0 Å². The first-order chi connectivity index (χ1) is 19.3. The SMILES string of the molecule is CCCn1c(CNc2ccc(C#N)cc2)nc2cc(C(=O)N(CCC(=O)OCC)c3ccc(F)c(Cl)c3)ccc21. The van der Waals surface area contributed by atoms with E-state index in [-0.39, 0.29) is 30.5 Å². The van der Waals surface area contributed by atoms with Gasteiger partial charge in [0, 0.05) is 30.0 Å². The Labute approximate surface area is 236 Å². The van der Waals surface area contributed by atoms with Crippen molar-refractivity contribution >= 4 is 45.9 Å². The number of carbonyl (C=O) groups is 2. The molecule has 1 heterocycles. The number of rotatable bonds is 11. The van der Waals surface area contributed by atoms with E-state index in [4.69, 9.17) is 26.6 Å². The zero-order valence-electron chi connectivity index (χ0n) is 22.3. The van der Waals surface area contributed by atoms with Gasteiger partial charge in [-0.15, -0.1) is 0 Å². The number of imidazole rings is 1. The molecule has 8 nitrogen and oxygen atoms in total. The number of nitrogens with zero attached hydrogens (tertiary/aromatic N) is 4. The highest BCUT2D eigenvalue weighted by Gasteiger charge is 2.22. The lowest BCUT2D eigenvalue weighted by Gasteiger charge is -2.23. The van der Waals surface area contributed by atoms with Gasteiger partial charge < -0.3 is 19.5 Å². The summed E-state index contributed by atoms with van der Waals surface area (Å²) in [6, 6.07) is 18.6. The van der Waals surface area contributed by atoms with Crippen LogP contribution >= 0.6 is 11.6 Å². The molecule has 0 saturated carbocycles. The fourth-order valence-electron chi connectivity index (χ4n) is 4.36. The summed E-state index contributed by atoms with van der Waals surface area (Å²) >= 11 is 6.00. The van der Waals surface area contributed by atoms with E-state index in [9.17, 15) is 14.0 Å². The average Bonchev–Trinajstić information content (AvgIpc) is 3.30. The van der Waals surface area contributed by atoms with Crippen LogP contribution in [-0.4, -0.2) is 34.6 Å². The molecule has 10 heteroatoms. The van der Waals surface area contributed by atoms with Crippen LogP contribution in [0.25, 0.3) is 11.0 Å². The van der Waals surface area contributed by atoms with E-state index in [1.54, 1.807) is 31.2 Å². The predicted molar refractivity (Wildman–Crippen MR) is 153 cm³/mol. The van der Waals surface area contributed by atoms with Gasteiger partial charge >= 0.3 is 5.97 Å². The van der Waals surface area contributed by atoms with Crippen LogP contribution in [-0.2, 0) is 22.6 Å². The Bertz CT molecular complexity index is 1560. The molecule has 0 atom stereocenters. The van der Waals surface area contributed by atoms with Crippen LogP contribution < -0.4 is 10.2 Å². The number of anilines is 2. The molecular formula is C30H29ClFN5O3. The minimum atomic E-state index is -0.603. The fraction of sp³-hybridized carbons (Fsp3) is 0.267. The second kappa shape index (κ2) is 13.1. The highest BCUT2D eigenvalue weighted by molar-refractivity contribution is 6.31. The molecule has 0 radical (unpaired) electrons. The van der Waals surface area contributed by atoms with Crippen molar-refractivity contribution in [2.75, 3.05) is 23.4 Å². The smallest absolute Gasteiger partial charge is 0.307 e. The Morgan fingerprint density at radius 3 is 2.58 bits per heavy atom. The van der Waals surface area contributed by atoms with Gasteiger partial charge in [0.2, 0.25) is 0 Å². The van der Waals surface area contributed by atoms with Gasteiger partial charge in [0.05, 0.1) is 47.3 Å². The summed E-state index contributed by atoms with van der Waals surface area (Å²) in [5.74, 6) is -0.624. The fourth-order valence-corrected chi connectivity index (χ4v) is 4.53. The van der Waals surface area contributed by atoms with Crippen molar-refractivity contribution in [3.05, 3.63) is 88.5 Å². The standard InChI is InChI=1S/C30H29ClFN5O3/c1-3-14-37-27-12-7-21(16-26(27)35-28(37)19-34-22-8-5-20(18-33)6-9-22)30(39)36(15-13-29(38)40-4-2)23-10-11-25(32)24(31)17-23/h5-12,16-17,34H,3-4,13-15,19H2,1-2H3. The van der Waals surface area contributed by atoms with Crippen molar-refractivity contribution in [2.45, 2.75) is 39.8 Å². The first-order valence-corrected chi connectivity index (χ1v) is 13.4. The number of ether oxygens (including phenoxy) is 1. The van der Waals surface area contributed by atoms with Gasteiger partial charge in [-0.3, -0.25) is 9.59 Å². The molecule has 1 amide bonds. The quantitative estimate of drug-likeness (QED) is 0.215. The van der Waals surface area contributed by atoms with E-state index in [2.05, 4.69) is 22.9 Å². The van der Waals surface area contributed by atoms with Crippen LogP contribution in [0.4, 0.5) is 15.8 Å². The number of halogens is 2. The lowest BCUT2D eigenvalue weighted by Crippen LogP contribution is -2.33. The number of esters is 1. The Morgan fingerprint density at radius 1 is 1.12 bits per heavy atom. The zero-order chi connectivity index (χ0) is 28.6. The molecule has 0 aliphatic rings. The van der Waals surface area contributed by atoms with Crippen LogP contribution in [0, 0.1) is 17.1 Å². The molecule has 0 bridgehead atoms. The van der Waals surface area contributed by atoms with Gasteiger partial charge in [-0.1, -0.05) is 18.5 Å². The third-order valence-electron chi connectivity index (χ3n) is 6.29. The third-order valence-corrected chi connectivity index (χ3v) is 6.58. The maximum absolute atomic E-state index is 13.8. The number of hydrogen-bond acceptors (Lipinski definition) is 6. The normalized spacial score (nSPS) is 10.8. The summed E-state index contributed by atoms with van der Waals surface area (Å²) in [5.41, 5.74) is 3.71. The lowest BCUT2D eigenvalue weighted by molar-refractivity contribution is -0.142. The Hall–Kier alpha value is -4.42. The summed E-state index contributed by atoms with van der Waals surface area (Å²) in [5, 5.41) is 12.2. The second-order valence-corrected chi connectivity index (χ2v) is 9.44. The Kier molecular flexibility index (Phi) is 9.35. The van der Waals surface area contributed by atoms with Crippen molar-refractivity contribution in [2.24, 2.45) is 0 Å². The number of amides is 1. The van der Waals surface area contributed by atoms with Crippen molar-refractivity contribution in [1.82, 2.24) is 9.55 Å². The number of fused-ring (bicyclic) bond motifs is 1. The van der Waals surface area contributed by atoms with Gasteiger partial charge in [0.1, 0.15) is 11.6 Å². The minimum Gasteiger partial charge on any atom is -0.466 e. The third kappa shape index (κ3) is 6.58. The summed E-state index contributed by atoms with van der Waals surface area (Å²) < 4.78 is 21.0. The monoisotopic (exact) mass is 561 g/mol. The number of aryl methyl sites for hydroxylation is 1.